The molecular formula is C7H15F. The summed E-state index contributed by atoms with van der Waals surface area (Å²) in [7, 11) is 0. The van der Waals surface area contributed by atoms with Gasteiger partial charge in [-0.25, -0.2) is 4.39 Å². The van der Waals surface area contributed by atoms with Gasteiger partial charge in [-0.05, 0) is 19.3 Å². The van der Waals surface area contributed by atoms with E-state index in [9.17, 15) is 4.39 Å². The molecule has 50 valence electrons. The van der Waals surface area contributed by atoms with Gasteiger partial charge in [0, 0.05) is 0 Å². The smallest absolute Gasteiger partial charge is 0.110 e. The Balaban J connectivity index is 3.71. The maximum absolute atomic E-state index is 12.9. The van der Waals surface area contributed by atoms with Crippen molar-refractivity contribution in [3.8, 4) is 0 Å². The number of halogens is 1. The van der Waals surface area contributed by atoms with Crippen LogP contribution in [-0.4, -0.2) is 5.67 Å². The normalized spacial score (nSPS) is 18.8. The van der Waals surface area contributed by atoms with E-state index in [1.807, 2.05) is 20.8 Å². The Morgan fingerprint density at radius 1 is 1.50 bits per heavy atom. The number of hydrogen-bond donors (Lipinski definition) is 0. The number of rotatable bonds is 2. The fraction of sp³-hybridized carbons (Fsp3) is 1.00. The van der Waals surface area contributed by atoms with Gasteiger partial charge in [-0.1, -0.05) is 20.8 Å². The summed E-state index contributed by atoms with van der Waals surface area (Å²) in [5.74, 6) is 0.146. The van der Waals surface area contributed by atoms with E-state index in [0.29, 0.717) is 6.42 Å². The minimum atomic E-state index is -0.958. The number of hydrogen-bond acceptors (Lipinski definition) is 0. The molecule has 8 heavy (non-hydrogen) atoms. The van der Waals surface area contributed by atoms with Crippen LogP contribution in [0.1, 0.15) is 34.1 Å². The first-order valence-electron chi connectivity index (χ1n) is 3.19. The zero-order valence-electron chi connectivity index (χ0n) is 6.16. The minimum absolute atomic E-state index is 0.146. The SMILES string of the molecule is CC[C@@](C)([18F])C(C)C. The Kier molecular flexibility index (Phi) is 2.45. The van der Waals surface area contributed by atoms with E-state index in [-0.39, 0.29) is 5.92 Å². The highest BCUT2D eigenvalue weighted by atomic mass is 18.2. The molecule has 0 unspecified atom stereocenters. The highest BCUT2D eigenvalue weighted by molar-refractivity contribution is 4.73. The summed E-state index contributed by atoms with van der Waals surface area (Å²) in [4.78, 5) is 0. The summed E-state index contributed by atoms with van der Waals surface area (Å²) < 4.78 is 12.9. The quantitative estimate of drug-likeness (QED) is 0.521. The predicted octanol–water partition coefficient (Wildman–Crippen LogP) is 2.78. The molecule has 1 heteroatoms. The van der Waals surface area contributed by atoms with Crippen LogP contribution in [0.25, 0.3) is 0 Å². The number of alkyl halides is 1. The molecule has 0 radical (unpaired) electrons. The minimum Gasteiger partial charge on any atom is -0.244 e. The Hall–Kier alpha value is -0.0700. The Bertz CT molecular complexity index is 64.8. The van der Waals surface area contributed by atoms with Crippen LogP contribution in [0, 0.1) is 5.92 Å². The molecule has 0 aliphatic rings. The largest absolute Gasteiger partial charge is 0.244 e. The lowest BCUT2D eigenvalue weighted by molar-refractivity contribution is 0.118. The maximum Gasteiger partial charge on any atom is 0.110 e. The molecule has 1 atom stereocenters. The molecule has 0 rings (SSSR count). The van der Waals surface area contributed by atoms with Gasteiger partial charge in [0.2, 0.25) is 0 Å². The summed E-state index contributed by atoms with van der Waals surface area (Å²) in [5, 5.41) is 0. The predicted molar refractivity (Wildman–Crippen MR) is 34.6 cm³/mol. The molecule has 0 aliphatic carbocycles. The van der Waals surface area contributed by atoms with Crippen LogP contribution in [0.2, 0.25) is 0 Å². The molecule has 0 bridgehead atoms. The van der Waals surface area contributed by atoms with E-state index in [1.54, 1.807) is 6.92 Å². The average molecular weight is 117 g/mol. The van der Waals surface area contributed by atoms with Crippen molar-refractivity contribution in [3.63, 3.8) is 0 Å². The molecule has 0 aromatic rings. The van der Waals surface area contributed by atoms with Gasteiger partial charge in [0.15, 0.2) is 0 Å². The second-order valence-corrected chi connectivity index (χ2v) is 2.79. The summed E-state index contributed by atoms with van der Waals surface area (Å²) in [6.45, 7) is 7.34. The van der Waals surface area contributed by atoms with Crippen molar-refractivity contribution in [3.05, 3.63) is 0 Å². The monoisotopic (exact) mass is 117 g/mol. The first-order valence-corrected chi connectivity index (χ1v) is 3.19. The molecule has 0 aromatic heterocycles. The summed E-state index contributed by atoms with van der Waals surface area (Å²) in [5.41, 5.74) is -0.958. The third kappa shape index (κ3) is 1.81. The van der Waals surface area contributed by atoms with Gasteiger partial charge in [0.1, 0.15) is 5.67 Å². The van der Waals surface area contributed by atoms with Crippen molar-refractivity contribution < 1.29 is 4.39 Å². The summed E-state index contributed by atoms with van der Waals surface area (Å²) in [6.07, 6.45) is 0.616. The third-order valence-corrected chi connectivity index (χ3v) is 1.90. The highest BCUT2D eigenvalue weighted by Gasteiger charge is 2.24. The van der Waals surface area contributed by atoms with Crippen LogP contribution in [0.3, 0.4) is 0 Å². The van der Waals surface area contributed by atoms with Crippen LogP contribution in [0.4, 0.5) is 4.39 Å². The maximum atomic E-state index is 12.9. The van der Waals surface area contributed by atoms with E-state index < -0.39 is 5.67 Å². The fourth-order valence-electron chi connectivity index (χ4n) is 0.408. The summed E-state index contributed by atoms with van der Waals surface area (Å²) >= 11 is 0. The Morgan fingerprint density at radius 3 is 1.88 bits per heavy atom. The molecule has 0 heterocycles. The zero-order chi connectivity index (χ0) is 6.78. The Labute approximate surface area is 51.1 Å². The molecule has 0 saturated carbocycles. The fourth-order valence-corrected chi connectivity index (χ4v) is 0.408. The van der Waals surface area contributed by atoms with Crippen molar-refractivity contribution in [1.29, 1.82) is 0 Å². The molecule has 0 aromatic carbocycles. The van der Waals surface area contributed by atoms with Gasteiger partial charge in [-0.2, -0.15) is 0 Å². The molecule has 0 fully saturated rings. The lowest BCUT2D eigenvalue weighted by Crippen LogP contribution is -2.23. The van der Waals surface area contributed by atoms with Crippen molar-refractivity contribution in [1.82, 2.24) is 0 Å². The van der Waals surface area contributed by atoms with E-state index >= 15 is 0 Å². The zero-order valence-corrected chi connectivity index (χ0v) is 6.16. The molecular weight excluding hydrogens is 102 g/mol. The van der Waals surface area contributed by atoms with Gasteiger partial charge in [-0.3, -0.25) is 0 Å². The van der Waals surface area contributed by atoms with Gasteiger partial charge in [-0.15, -0.1) is 0 Å². The lowest BCUT2D eigenvalue weighted by Gasteiger charge is -2.22. The van der Waals surface area contributed by atoms with Gasteiger partial charge >= 0.3 is 0 Å². The van der Waals surface area contributed by atoms with Gasteiger partial charge < -0.3 is 0 Å². The molecule has 0 aliphatic heterocycles. The second-order valence-electron chi connectivity index (χ2n) is 2.79. The standard InChI is InChI=1S/C7H15F/c1-5-7(4,8)6(2)3/h6H,5H2,1-4H3/t7-/m1/s1/i8-1. The third-order valence-electron chi connectivity index (χ3n) is 1.90. The summed E-state index contributed by atoms with van der Waals surface area (Å²) in [6, 6.07) is 0. The van der Waals surface area contributed by atoms with E-state index in [2.05, 4.69) is 0 Å². The van der Waals surface area contributed by atoms with Crippen LogP contribution in [-0.2, 0) is 0 Å². The van der Waals surface area contributed by atoms with E-state index in [1.165, 1.54) is 0 Å². The van der Waals surface area contributed by atoms with E-state index in [0.717, 1.165) is 0 Å². The van der Waals surface area contributed by atoms with Crippen LogP contribution in [0.15, 0.2) is 0 Å². The Morgan fingerprint density at radius 2 is 1.88 bits per heavy atom. The molecule has 0 amide bonds. The molecule has 0 N–H and O–H groups in total. The highest BCUT2D eigenvalue weighted by Crippen LogP contribution is 2.24. The van der Waals surface area contributed by atoms with Crippen LogP contribution in [0.5, 0.6) is 0 Å². The van der Waals surface area contributed by atoms with Crippen molar-refractivity contribution in [2.75, 3.05) is 0 Å². The van der Waals surface area contributed by atoms with Crippen LogP contribution < -0.4 is 0 Å². The first kappa shape index (κ1) is 7.93. The van der Waals surface area contributed by atoms with E-state index in [4.69, 9.17) is 0 Å². The lowest BCUT2D eigenvalue weighted by atomic mass is 9.92. The molecule has 0 spiro atoms. The van der Waals surface area contributed by atoms with Crippen molar-refractivity contribution >= 4 is 0 Å². The van der Waals surface area contributed by atoms with Crippen molar-refractivity contribution in [2.45, 2.75) is 39.8 Å². The van der Waals surface area contributed by atoms with Gasteiger partial charge in [0.05, 0.1) is 0 Å². The van der Waals surface area contributed by atoms with Gasteiger partial charge in [0.25, 0.3) is 0 Å². The average Bonchev–Trinajstić information content (AvgIpc) is 1.67. The second kappa shape index (κ2) is 2.47. The molecule has 0 nitrogen and oxygen atoms in total. The topological polar surface area (TPSA) is 0 Å². The first-order chi connectivity index (χ1) is 3.50. The van der Waals surface area contributed by atoms with Crippen molar-refractivity contribution in [2.24, 2.45) is 5.92 Å². The molecule has 0 saturated heterocycles. The van der Waals surface area contributed by atoms with Crippen LogP contribution >= 0.6 is 0 Å².